The lowest BCUT2D eigenvalue weighted by atomic mass is 9.91. The second kappa shape index (κ2) is 7.39. The normalized spacial score (nSPS) is 12.1. The number of allylic oxidation sites excluding steroid dienone is 1. The molecule has 0 atom stereocenters. The minimum atomic E-state index is -4.96. The number of amidine groups is 1. The van der Waals surface area contributed by atoms with Crippen LogP contribution in [0.1, 0.15) is 12.5 Å². The molecule has 4 N–H and O–H groups in total. The highest BCUT2D eigenvalue weighted by molar-refractivity contribution is 8.13. The van der Waals surface area contributed by atoms with Crippen molar-refractivity contribution in [3.05, 3.63) is 29.8 Å². The first kappa shape index (κ1) is 18.2. The lowest BCUT2D eigenvalue weighted by molar-refractivity contribution is -0.167. The summed E-state index contributed by atoms with van der Waals surface area (Å²) in [7, 11) is 5.64. The summed E-state index contributed by atoms with van der Waals surface area (Å²) in [5.41, 5.74) is 6.70. The number of nitrogens with two attached hydrogens (primary N) is 1. The summed E-state index contributed by atoms with van der Waals surface area (Å²) in [6, 6.07) is 4.21. The van der Waals surface area contributed by atoms with Gasteiger partial charge in [0.2, 0.25) is 0 Å². The fourth-order valence-electron chi connectivity index (χ4n) is 1.53. The maximum atomic E-state index is 12.2. The van der Waals surface area contributed by atoms with Gasteiger partial charge in [-0.3, -0.25) is 10.2 Å². The smallest absolute Gasteiger partial charge is 0.379 e. The first-order valence-electron chi connectivity index (χ1n) is 6.02. The number of hydrogen-bond acceptors (Lipinski definition) is 3. The van der Waals surface area contributed by atoms with E-state index in [0.717, 1.165) is 17.3 Å². The Morgan fingerprint density at radius 3 is 2.64 bits per heavy atom. The predicted molar refractivity (Wildman–Crippen MR) is 84.5 cm³/mol. The fraction of sp³-hybridized carbons (Fsp3) is 0.231. The van der Waals surface area contributed by atoms with Crippen LogP contribution in [0.4, 0.5) is 18.9 Å². The van der Waals surface area contributed by atoms with E-state index in [1.54, 1.807) is 24.4 Å². The molecule has 0 saturated heterocycles. The second-order valence-corrected chi connectivity index (χ2v) is 5.42. The fourth-order valence-corrected chi connectivity index (χ4v) is 2.04. The van der Waals surface area contributed by atoms with Gasteiger partial charge in [0.1, 0.15) is 7.85 Å². The van der Waals surface area contributed by atoms with Gasteiger partial charge >= 0.3 is 12.1 Å². The number of carbonyl (C=O) groups excluding carboxylic acids is 1. The van der Waals surface area contributed by atoms with Crippen molar-refractivity contribution in [1.29, 1.82) is 5.41 Å². The zero-order valence-electron chi connectivity index (χ0n) is 11.6. The number of thioether (sulfide) groups is 1. The van der Waals surface area contributed by atoms with Gasteiger partial charge in [0, 0.05) is 11.4 Å². The Balaban J connectivity index is 2.94. The number of rotatable bonds is 4. The van der Waals surface area contributed by atoms with Gasteiger partial charge in [-0.15, -0.1) is 0 Å². The second-order valence-electron chi connectivity index (χ2n) is 4.36. The molecule has 0 aliphatic heterocycles. The van der Waals surface area contributed by atoms with E-state index in [2.05, 4.69) is 0 Å². The van der Waals surface area contributed by atoms with Crippen LogP contribution < -0.4 is 16.5 Å². The summed E-state index contributed by atoms with van der Waals surface area (Å²) in [4.78, 5) is 10.9. The average molecular weight is 327 g/mol. The number of benzene rings is 1. The van der Waals surface area contributed by atoms with Crippen LogP contribution in [0.15, 0.2) is 24.3 Å². The van der Waals surface area contributed by atoms with E-state index in [1.807, 2.05) is 0 Å². The molecule has 1 amide bonds. The molecule has 2 radical (unpaired) electrons. The van der Waals surface area contributed by atoms with E-state index in [9.17, 15) is 18.0 Å². The molecule has 9 heteroatoms. The van der Waals surface area contributed by atoms with Crippen molar-refractivity contribution in [2.75, 3.05) is 11.1 Å². The van der Waals surface area contributed by atoms with Crippen molar-refractivity contribution in [3.8, 4) is 0 Å². The molecule has 0 unspecified atom stereocenters. The van der Waals surface area contributed by atoms with E-state index < -0.39 is 12.1 Å². The molecule has 1 rings (SSSR count). The third-order valence-corrected chi connectivity index (χ3v) is 3.20. The van der Waals surface area contributed by atoms with Gasteiger partial charge in [0.25, 0.3) is 0 Å². The van der Waals surface area contributed by atoms with Gasteiger partial charge in [0.15, 0.2) is 5.17 Å². The molecule has 0 saturated carbocycles. The monoisotopic (exact) mass is 327 g/mol. The number of amides is 1. The third-order valence-electron chi connectivity index (χ3n) is 2.55. The number of halogens is 3. The van der Waals surface area contributed by atoms with Gasteiger partial charge in [-0.1, -0.05) is 29.4 Å². The van der Waals surface area contributed by atoms with Gasteiger partial charge in [-0.05, 0) is 30.2 Å². The average Bonchev–Trinajstić information content (AvgIpc) is 2.36. The largest absolute Gasteiger partial charge is 0.471 e. The molecule has 0 spiro atoms. The molecular formula is C13H13BF3N3OS. The van der Waals surface area contributed by atoms with E-state index in [-0.39, 0.29) is 16.3 Å². The number of hydrogen-bond donors (Lipinski definition) is 3. The topological polar surface area (TPSA) is 79.0 Å². The maximum Gasteiger partial charge on any atom is 0.471 e. The van der Waals surface area contributed by atoms with E-state index >= 15 is 0 Å². The quantitative estimate of drug-likeness (QED) is 0.450. The minimum absolute atomic E-state index is 0.0326. The Kier molecular flexibility index (Phi) is 6.10. The Morgan fingerprint density at radius 1 is 1.45 bits per heavy atom. The first-order chi connectivity index (χ1) is 10.1. The summed E-state index contributed by atoms with van der Waals surface area (Å²) in [6.45, 7) is 1.74. The lowest BCUT2D eigenvalue weighted by Crippen LogP contribution is -2.30. The summed E-state index contributed by atoms with van der Waals surface area (Å²) < 4.78 is 36.7. The SMILES string of the molecule is [B]c1cc(NC(=O)C(F)(F)F)cc(/C(C)=C/CSC(=N)N)c1. The maximum absolute atomic E-state index is 12.2. The number of nitrogens with one attached hydrogen (secondary N) is 2. The van der Waals surface area contributed by atoms with Crippen molar-refractivity contribution >= 4 is 47.4 Å². The van der Waals surface area contributed by atoms with Gasteiger partial charge in [0.05, 0.1) is 0 Å². The molecule has 0 heterocycles. The van der Waals surface area contributed by atoms with Crippen LogP contribution in [-0.2, 0) is 4.79 Å². The molecule has 22 heavy (non-hydrogen) atoms. The van der Waals surface area contributed by atoms with Crippen LogP contribution in [-0.4, -0.2) is 30.9 Å². The van der Waals surface area contributed by atoms with Crippen molar-refractivity contribution in [2.45, 2.75) is 13.1 Å². The summed E-state index contributed by atoms with van der Waals surface area (Å²) in [5.74, 6) is -1.61. The predicted octanol–water partition coefficient (Wildman–Crippen LogP) is 2.01. The van der Waals surface area contributed by atoms with Crippen molar-refractivity contribution < 1.29 is 18.0 Å². The molecule has 0 bridgehead atoms. The van der Waals surface area contributed by atoms with Crippen molar-refractivity contribution in [2.24, 2.45) is 5.73 Å². The highest BCUT2D eigenvalue weighted by Crippen LogP contribution is 2.21. The number of anilines is 1. The molecule has 4 nitrogen and oxygen atoms in total. The van der Waals surface area contributed by atoms with Gasteiger partial charge in [-0.25, -0.2) is 0 Å². The molecule has 0 aliphatic rings. The zero-order chi connectivity index (χ0) is 16.9. The van der Waals surface area contributed by atoms with E-state index in [1.165, 1.54) is 12.1 Å². The molecule has 1 aromatic carbocycles. The molecule has 116 valence electrons. The summed E-state index contributed by atoms with van der Waals surface area (Å²) >= 11 is 1.11. The molecule has 1 aromatic rings. The van der Waals surface area contributed by atoms with Crippen LogP contribution in [0.25, 0.3) is 5.57 Å². The van der Waals surface area contributed by atoms with Gasteiger partial charge in [-0.2, -0.15) is 13.2 Å². The Labute approximate surface area is 131 Å². The Hall–Kier alpha value is -1.90. The minimum Gasteiger partial charge on any atom is -0.379 e. The molecular weight excluding hydrogens is 314 g/mol. The number of carbonyl (C=O) groups is 1. The Bertz CT molecular complexity index is 617. The summed E-state index contributed by atoms with van der Waals surface area (Å²) in [6.07, 6.45) is -3.20. The Morgan fingerprint density at radius 2 is 2.09 bits per heavy atom. The lowest BCUT2D eigenvalue weighted by Gasteiger charge is -2.11. The van der Waals surface area contributed by atoms with Crippen LogP contribution in [0.2, 0.25) is 0 Å². The highest BCUT2D eigenvalue weighted by atomic mass is 32.2. The van der Waals surface area contributed by atoms with Crippen LogP contribution in [0.3, 0.4) is 0 Å². The van der Waals surface area contributed by atoms with Gasteiger partial charge < -0.3 is 11.1 Å². The molecule has 0 aromatic heterocycles. The van der Waals surface area contributed by atoms with Crippen molar-refractivity contribution in [1.82, 2.24) is 0 Å². The zero-order valence-corrected chi connectivity index (χ0v) is 12.4. The van der Waals surface area contributed by atoms with E-state index in [4.69, 9.17) is 19.0 Å². The van der Waals surface area contributed by atoms with E-state index in [0.29, 0.717) is 11.3 Å². The third kappa shape index (κ3) is 5.84. The summed E-state index contributed by atoms with van der Waals surface area (Å²) in [5, 5.41) is 8.81. The van der Waals surface area contributed by atoms with Crippen LogP contribution >= 0.6 is 11.8 Å². The van der Waals surface area contributed by atoms with Crippen molar-refractivity contribution in [3.63, 3.8) is 0 Å². The highest BCUT2D eigenvalue weighted by Gasteiger charge is 2.38. The molecule has 0 aliphatic carbocycles. The number of alkyl halides is 3. The van der Waals surface area contributed by atoms with Crippen LogP contribution in [0.5, 0.6) is 0 Å². The standard InChI is InChI=1S/C13H13BF3N3OS/c1-7(2-3-22-12(18)19)8-4-9(14)6-10(5-8)20-11(21)13(15,16)17/h2,4-6H,3H2,1H3,(H3,18,19)(H,20,21)/b7-2+. The molecule has 0 fully saturated rings. The first-order valence-corrected chi connectivity index (χ1v) is 7.01. The van der Waals surface area contributed by atoms with Crippen LogP contribution in [0, 0.1) is 5.41 Å².